The minimum absolute atomic E-state index is 0.0921. The molecule has 0 radical (unpaired) electrons. The molecule has 2 aliphatic rings. The second-order valence-electron chi connectivity index (χ2n) is 5.82. The third-order valence-electron chi connectivity index (χ3n) is 4.64. The van der Waals surface area contributed by atoms with E-state index in [-0.39, 0.29) is 24.8 Å². The summed E-state index contributed by atoms with van der Waals surface area (Å²) in [5, 5.41) is 0. The zero-order valence-corrected chi connectivity index (χ0v) is 11.1. The normalized spacial score (nSPS) is 35.1. The van der Waals surface area contributed by atoms with E-state index in [9.17, 15) is 13.2 Å². The Bertz CT molecular complexity index is 272. The highest BCUT2D eigenvalue weighted by molar-refractivity contribution is 4.87. The molecule has 2 atom stereocenters. The quantitative estimate of drug-likeness (QED) is 0.617. The first-order chi connectivity index (χ1) is 9.02. The van der Waals surface area contributed by atoms with Gasteiger partial charge in [-0.05, 0) is 50.4 Å². The molecule has 112 valence electrons. The summed E-state index contributed by atoms with van der Waals surface area (Å²) >= 11 is 0. The van der Waals surface area contributed by atoms with E-state index < -0.39 is 12.1 Å². The molecule has 2 fully saturated rings. The third-order valence-corrected chi connectivity index (χ3v) is 4.64. The average Bonchev–Trinajstić information content (AvgIpc) is 2.40. The molecule has 0 aromatic rings. The predicted molar refractivity (Wildman–Crippen MR) is 66.2 cm³/mol. The van der Waals surface area contributed by atoms with Crippen molar-refractivity contribution in [3.63, 3.8) is 0 Å². The minimum atomic E-state index is -4.04. The van der Waals surface area contributed by atoms with Crippen LogP contribution in [0.25, 0.3) is 0 Å². The fourth-order valence-electron chi connectivity index (χ4n) is 3.51. The van der Waals surface area contributed by atoms with Crippen molar-refractivity contribution in [1.82, 2.24) is 5.43 Å². The molecule has 0 amide bonds. The molecule has 3 nitrogen and oxygen atoms in total. The monoisotopic (exact) mass is 280 g/mol. The lowest BCUT2D eigenvalue weighted by Crippen LogP contribution is -2.49. The summed E-state index contributed by atoms with van der Waals surface area (Å²) in [7, 11) is 0. The fraction of sp³-hybridized carbons (Fsp3) is 1.00. The lowest BCUT2D eigenvalue weighted by Gasteiger charge is -2.39. The van der Waals surface area contributed by atoms with Crippen LogP contribution in [-0.2, 0) is 4.74 Å². The van der Waals surface area contributed by atoms with Gasteiger partial charge in [-0.25, -0.2) is 0 Å². The molecule has 6 heteroatoms. The number of ether oxygens (including phenoxy) is 1. The minimum Gasteiger partial charge on any atom is -0.381 e. The number of halogens is 3. The van der Waals surface area contributed by atoms with Crippen molar-refractivity contribution in [2.45, 2.75) is 50.7 Å². The van der Waals surface area contributed by atoms with E-state index in [1.54, 1.807) is 0 Å². The topological polar surface area (TPSA) is 47.3 Å². The highest BCUT2D eigenvalue weighted by Crippen LogP contribution is 2.41. The van der Waals surface area contributed by atoms with Crippen LogP contribution in [0.1, 0.15) is 38.5 Å². The van der Waals surface area contributed by atoms with Crippen molar-refractivity contribution < 1.29 is 17.9 Å². The van der Waals surface area contributed by atoms with E-state index in [0.717, 1.165) is 19.4 Å². The van der Waals surface area contributed by atoms with Gasteiger partial charge in [0.05, 0.1) is 12.5 Å². The Kier molecular flexibility index (Phi) is 5.09. The highest BCUT2D eigenvalue weighted by Gasteiger charge is 2.43. The zero-order valence-electron chi connectivity index (χ0n) is 11.1. The molecular formula is C13H23F3N2O. The number of nitrogens with one attached hydrogen (secondary N) is 1. The van der Waals surface area contributed by atoms with Gasteiger partial charge in [0.2, 0.25) is 0 Å². The molecule has 1 saturated heterocycles. The van der Waals surface area contributed by atoms with E-state index in [0.29, 0.717) is 25.4 Å². The largest absolute Gasteiger partial charge is 0.391 e. The first-order valence-electron chi connectivity index (χ1n) is 7.13. The van der Waals surface area contributed by atoms with Crippen LogP contribution in [0.4, 0.5) is 13.2 Å². The number of rotatable bonds is 3. The number of alkyl halides is 3. The molecule has 0 spiro atoms. The van der Waals surface area contributed by atoms with Gasteiger partial charge < -0.3 is 4.74 Å². The summed E-state index contributed by atoms with van der Waals surface area (Å²) < 4.78 is 43.4. The molecule has 0 aromatic carbocycles. The maximum Gasteiger partial charge on any atom is 0.391 e. The van der Waals surface area contributed by atoms with E-state index in [1.807, 2.05) is 0 Å². The van der Waals surface area contributed by atoms with E-state index in [4.69, 9.17) is 10.6 Å². The Morgan fingerprint density at radius 3 is 2.21 bits per heavy atom. The fourth-order valence-corrected chi connectivity index (χ4v) is 3.51. The Labute approximate surface area is 112 Å². The Hall–Kier alpha value is -0.330. The Morgan fingerprint density at radius 2 is 1.74 bits per heavy atom. The average molecular weight is 280 g/mol. The zero-order chi connectivity index (χ0) is 13.9. The second kappa shape index (κ2) is 6.41. The molecule has 19 heavy (non-hydrogen) atoms. The van der Waals surface area contributed by atoms with Gasteiger partial charge in [-0.3, -0.25) is 11.3 Å². The van der Waals surface area contributed by atoms with Gasteiger partial charge in [0.15, 0.2) is 0 Å². The molecule has 3 N–H and O–H groups in total. The number of nitrogens with two attached hydrogens (primary N) is 1. The van der Waals surface area contributed by atoms with E-state index in [2.05, 4.69) is 5.43 Å². The van der Waals surface area contributed by atoms with Crippen LogP contribution in [0, 0.1) is 17.8 Å². The first-order valence-corrected chi connectivity index (χ1v) is 7.13. The lowest BCUT2D eigenvalue weighted by molar-refractivity contribution is -0.184. The molecule has 0 aromatic heterocycles. The van der Waals surface area contributed by atoms with E-state index in [1.165, 1.54) is 0 Å². The summed E-state index contributed by atoms with van der Waals surface area (Å²) in [6.45, 7) is 1.46. The first kappa shape index (κ1) is 15.1. The molecule has 1 saturated carbocycles. The van der Waals surface area contributed by atoms with Gasteiger partial charge in [0, 0.05) is 12.6 Å². The van der Waals surface area contributed by atoms with Crippen molar-refractivity contribution in [1.29, 1.82) is 0 Å². The smallest absolute Gasteiger partial charge is 0.381 e. The molecular weight excluding hydrogens is 257 g/mol. The maximum absolute atomic E-state index is 12.6. The summed E-state index contributed by atoms with van der Waals surface area (Å²) in [5.41, 5.74) is 2.83. The van der Waals surface area contributed by atoms with Crippen molar-refractivity contribution >= 4 is 0 Å². The van der Waals surface area contributed by atoms with Crippen LogP contribution in [-0.4, -0.2) is 25.4 Å². The highest BCUT2D eigenvalue weighted by atomic mass is 19.4. The van der Waals surface area contributed by atoms with Crippen molar-refractivity contribution in [3.05, 3.63) is 0 Å². The van der Waals surface area contributed by atoms with Gasteiger partial charge in [0.1, 0.15) is 0 Å². The van der Waals surface area contributed by atoms with Crippen LogP contribution in [0.2, 0.25) is 0 Å². The lowest BCUT2D eigenvalue weighted by atomic mass is 9.74. The molecule has 2 rings (SSSR count). The van der Waals surface area contributed by atoms with Gasteiger partial charge in [0.25, 0.3) is 0 Å². The Balaban J connectivity index is 1.87. The number of hydrazine groups is 1. The summed E-state index contributed by atoms with van der Waals surface area (Å²) in [6, 6.07) is 0.0921. The molecule has 0 bridgehead atoms. The van der Waals surface area contributed by atoms with Crippen molar-refractivity contribution in [3.8, 4) is 0 Å². The summed E-state index contributed by atoms with van der Waals surface area (Å²) in [6.07, 6.45) is -0.287. The standard InChI is InChI=1S/C13H23F3N2O/c14-13(15,16)11-5-3-9(4-6-11)12(18-17)10-2-1-7-19-8-10/h9-12,18H,1-8,17H2. The van der Waals surface area contributed by atoms with Crippen molar-refractivity contribution in [2.75, 3.05) is 13.2 Å². The van der Waals surface area contributed by atoms with Crippen molar-refractivity contribution in [2.24, 2.45) is 23.6 Å². The van der Waals surface area contributed by atoms with Crippen LogP contribution >= 0.6 is 0 Å². The van der Waals surface area contributed by atoms with Crippen LogP contribution in [0.3, 0.4) is 0 Å². The number of hydrogen-bond donors (Lipinski definition) is 2. The molecule has 1 aliphatic heterocycles. The third kappa shape index (κ3) is 3.83. The SMILES string of the molecule is NNC(C1CCC(C(F)(F)F)CC1)C1CCCOC1. The van der Waals surface area contributed by atoms with Crippen LogP contribution in [0.15, 0.2) is 0 Å². The molecule has 2 unspecified atom stereocenters. The summed E-state index contributed by atoms with van der Waals surface area (Å²) in [4.78, 5) is 0. The number of hydrogen-bond acceptors (Lipinski definition) is 3. The Morgan fingerprint density at radius 1 is 1.05 bits per heavy atom. The summed E-state index contributed by atoms with van der Waals surface area (Å²) in [5.74, 6) is 5.09. The van der Waals surface area contributed by atoms with Gasteiger partial charge in [-0.15, -0.1) is 0 Å². The molecule has 1 heterocycles. The second-order valence-corrected chi connectivity index (χ2v) is 5.82. The van der Waals surface area contributed by atoms with Crippen LogP contribution < -0.4 is 11.3 Å². The van der Waals surface area contributed by atoms with Gasteiger partial charge in [-0.1, -0.05) is 0 Å². The maximum atomic E-state index is 12.6. The predicted octanol–water partition coefficient (Wildman–Crippen LogP) is 2.61. The van der Waals surface area contributed by atoms with Gasteiger partial charge in [-0.2, -0.15) is 13.2 Å². The molecule has 1 aliphatic carbocycles. The van der Waals surface area contributed by atoms with Gasteiger partial charge >= 0.3 is 6.18 Å². The van der Waals surface area contributed by atoms with E-state index >= 15 is 0 Å². The van der Waals surface area contributed by atoms with Crippen LogP contribution in [0.5, 0.6) is 0 Å².